The van der Waals surface area contributed by atoms with E-state index in [1.165, 1.54) is 0 Å². The van der Waals surface area contributed by atoms with Crippen LogP contribution >= 0.6 is 0 Å². The monoisotopic (exact) mass is 165 g/mol. The van der Waals surface area contributed by atoms with Gasteiger partial charge in [-0.2, -0.15) is 5.10 Å². The molecule has 0 aromatic heterocycles. The molecule has 4 nitrogen and oxygen atoms in total. The van der Waals surface area contributed by atoms with Gasteiger partial charge in [0.2, 0.25) is 0 Å². The van der Waals surface area contributed by atoms with E-state index in [4.69, 9.17) is 0 Å². The molecule has 3 heterocycles. The summed E-state index contributed by atoms with van der Waals surface area (Å²) >= 11 is 0. The van der Waals surface area contributed by atoms with Crippen molar-refractivity contribution in [1.29, 1.82) is 0 Å². The number of hydrogen-bond donors (Lipinski definition) is 1. The first-order valence-electron chi connectivity index (χ1n) is 4.41. The molecule has 3 aliphatic heterocycles. The summed E-state index contributed by atoms with van der Waals surface area (Å²) < 4.78 is 0. The third-order valence-electron chi connectivity index (χ3n) is 3.22. The van der Waals surface area contributed by atoms with Crippen LogP contribution in [0, 0.1) is 5.41 Å². The van der Waals surface area contributed by atoms with Crippen LogP contribution < -0.4 is 5.43 Å². The Morgan fingerprint density at radius 2 is 2.50 bits per heavy atom. The molecule has 1 N–H and O–H groups in total. The van der Waals surface area contributed by atoms with Gasteiger partial charge in [-0.25, -0.2) is 5.43 Å². The van der Waals surface area contributed by atoms with Gasteiger partial charge in [-0.15, -0.1) is 0 Å². The number of nitrogens with zero attached hydrogens (tertiary/aromatic N) is 2. The molecule has 2 atom stereocenters. The molecule has 2 fully saturated rings. The number of piperidine rings is 1. The quantitative estimate of drug-likeness (QED) is 0.529. The van der Waals surface area contributed by atoms with E-state index in [1.54, 1.807) is 0 Å². The highest BCUT2D eigenvalue weighted by atomic mass is 16.2. The Morgan fingerprint density at radius 1 is 1.58 bits per heavy atom. The van der Waals surface area contributed by atoms with Gasteiger partial charge in [-0.1, -0.05) is 0 Å². The Morgan fingerprint density at radius 3 is 3.42 bits per heavy atom. The van der Waals surface area contributed by atoms with E-state index < -0.39 is 0 Å². The van der Waals surface area contributed by atoms with Gasteiger partial charge in [0.15, 0.2) is 0 Å². The van der Waals surface area contributed by atoms with Crippen molar-refractivity contribution in [2.45, 2.75) is 12.8 Å². The van der Waals surface area contributed by atoms with Gasteiger partial charge < -0.3 is 0 Å². The first kappa shape index (κ1) is 6.60. The second-order valence-corrected chi connectivity index (χ2v) is 3.90. The van der Waals surface area contributed by atoms with Crippen molar-refractivity contribution in [3.8, 4) is 0 Å². The third kappa shape index (κ3) is 0.579. The highest BCUT2D eigenvalue weighted by Crippen LogP contribution is 2.39. The van der Waals surface area contributed by atoms with Crippen molar-refractivity contribution in [3.05, 3.63) is 0 Å². The average molecular weight is 165 g/mol. The summed E-state index contributed by atoms with van der Waals surface area (Å²) in [6.07, 6.45) is 2.13. The first-order chi connectivity index (χ1) is 5.81. The molecule has 2 saturated heterocycles. The minimum atomic E-state index is -0.210. The predicted octanol–water partition coefficient (Wildman–Crippen LogP) is -0.432. The molecule has 1 spiro atoms. The number of fused-ring (bicyclic) bond motifs is 1. The third-order valence-corrected chi connectivity index (χ3v) is 3.22. The van der Waals surface area contributed by atoms with Crippen molar-refractivity contribution in [2.24, 2.45) is 10.5 Å². The summed E-state index contributed by atoms with van der Waals surface area (Å²) in [5, 5.41) is 4.09. The van der Waals surface area contributed by atoms with Crippen LogP contribution in [0.2, 0.25) is 0 Å². The van der Waals surface area contributed by atoms with Gasteiger partial charge in [-0.3, -0.25) is 9.69 Å². The summed E-state index contributed by atoms with van der Waals surface area (Å²) in [5.41, 5.74) is 3.45. The summed E-state index contributed by atoms with van der Waals surface area (Å²) in [6.45, 7) is 2.93. The molecule has 0 aliphatic carbocycles. The average Bonchev–Trinajstić information content (AvgIpc) is 2.48. The second-order valence-electron chi connectivity index (χ2n) is 3.90. The van der Waals surface area contributed by atoms with Crippen molar-refractivity contribution in [2.75, 3.05) is 19.6 Å². The SMILES string of the molecule is O=C1NN=C2CN3CCCC12C3. The fourth-order valence-corrected chi connectivity index (χ4v) is 2.56. The second kappa shape index (κ2) is 1.88. The number of amides is 1. The van der Waals surface area contributed by atoms with Gasteiger partial charge in [0.25, 0.3) is 5.91 Å². The number of rotatable bonds is 0. The summed E-state index contributed by atoms with van der Waals surface area (Å²) in [7, 11) is 0. The molecule has 0 aromatic carbocycles. The maximum Gasteiger partial charge on any atom is 0.253 e. The maximum atomic E-state index is 11.5. The molecule has 12 heavy (non-hydrogen) atoms. The minimum absolute atomic E-state index is 0.125. The highest BCUT2D eigenvalue weighted by Gasteiger charge is 2.54. The Balaban J connectivity index is 2.09. The zero-order chi connectivity index (χ0) is 8.18. The van der Waals surface area contributed by atoms with Crippen molar-refractivity contribution >= 4 is 11.6 Å². The molecule has 4 heteroatoms. The number of nitrogens with one attached hydrogen (secondary N) is 1. The zero-order valence-corrected chi connectivity index (χ0v) is 6.84. The molecule has 1 amide bonds. The summed E-state index contributed by atoms with van der Waals surface area (Å²) in [4.78, 5) is 13.9. The summed E-state index contributed by atoms with van der Waals surface area (Å²) in [6, 6.07) is 0. The lowest BCUT2D eigenvalue weighted by Crippen LogP contribution is -2.42. The van der Waals surface area contributed by atoms with Gasteiger partial charge in [-0.05, 0) is 19.4 Å². The van der Waals surface area contributed by atoms with E-state index in [0.717, 1.165) is 38.2 Å². The van der Waals surface area contributed by atoms with Crippen LogP contribution in [0.25, 0.3) is 0 Å². The van der Waals surface area contributed by atoms with Crippen molar-refractivity contribution in [1.82, 2.24) is 10.3 Å². The molecule has 0 radical (unpaired) electrons. The van der Waals surface area contributed by atoms with Gasteiger partial charge >= 0.3 is 0 Å². The van der Waals surface area contributed by atoms with Crippen LogP contribution in [-0.2, 0) is 4.79 Å². The predicted molar refractivity (Wildman–Crippen MR) is 43.7 cm³/mol. The van der Waals surface area contributed by atoms with Crippen LogP contribution in [0.5, 0.6) is 0 Å². The molecule has 2 bridgehead atoms. The number of hydrazone groups is 1. The number of carbonyl (C=O) groups excluding carboxylic acids is 1. The van der Waals surface area contributed by atoms with E-state index >= 15 is 0 Å². The number of hydrogen-bond acceptors (Lipinski definition) is 3. The molecule has 3 aliphatic rings. The molecule has 64 valence electrons. The summed E-state index contributed by atoms with van der Waals surface area (Å²) in [5.74, 6) is 0.125. The van der Waals surface area contributed by atoms with Crippen LogP contribution in [0.3, 0.4) is 0 Å². The Kier molecular flexibility index (Phi) is 1.03. The van der Waals surface area contributed by atoms with Crippen LogP contribution in [-0.4, -0.2) is 36.2 Å². The van der Waals surface area contributed by atoms with E-state index in [9.17, 15) is 4.79 Å². The lowest BCUT2D eigenvalue weighted by molar-refractivity contribution is -0.127. The Hall–Kier alpha value is -0.900. The first-order valence-corrected chi connectivity index (χ1v) is 4.41. The molecule has 3 rings (SSSR count). The van der Waals surface area contributed by atoms with Gasteiger partial charge in [0.1, 0.15) is 5.41 Å². The molecular formula is C8H11N3O. The highest BCUT2D eigenvalue weighted by molar-refractivity contribution is 6.14. The molecule has 0 aromatic rings. The van der Waals surface area contributed by atoms with Crippen LogP contribution in [0.4, 0.5) is 0 Å². The lowest BCUT2D eigenvalue weighted by atomic mass is 9.80. The Bertz CT molecular complexity index is 286. The molecular weight excluding hydrogens is 154 g/mol. The standard InChI is InChI=1S/C8H11N3O/c12-7-8-2-1-3-11(5-8)4-6(8)9-10-7/h1-5H2,(H,10,12). The van der Waals surface area contributed by atoms with E-state index in [1.807, 2.05) is 0 Å². The van der Waals surface area contributed by atoms with E-state index in [0.29, 0.717) is 0 Å². The normalized spacial score (nSPS) is 43.8. The van der Waals surface area contributed by atoms with Crippen molar-refractivity contribution < 1.29 is 4.79 Å². The Labute approximate surface area is 70.6 Å². The topological polar surface area (TPSA) is 44.7 Å². The van der Waals surface area contributed by atoms with Crippen molar-refractivity contribution in [3.63, 3.8) is 0 Å². The largest absolute Gasteiger partial charge is 0.296 e. The fraction of sp³-hybridized carbons (Fsp3) is 0.750. The van der Waals surface area contributed by atoms with E-state index in [-0.39, 0.29) is 11.3 Å². The molecule has 2 unspecified atom stereocenters. The lowest BCUT2D eigenvalue weighted by Gasteiger charge is -2.28. The van der Waals surface area contributed by atoms with E-state index in [2.05, 4.69) is 15.4 Å². The molecule has 0 saturated carbocycles. The zero-order valence-electron chi connectivity index (χ0n) is 6.84. The maximum absolute atomic E-state index is 11.5. The van der Waals surface area contributed by atoms with Crippen LogP contribution in [0.15, 0.2) is 5.10 Å². The van der Waals surface area contributed by atoms with Gasteiger partial charge in [0, 0.05) is 13.1 Å². The van der Waals surface area contributed by atoms with Crippen LogP contribution in [0.1, 0.15) is 12.8 Å². The van der Waals surface area contributed by atoms with Gasteiger partial charge in [0.05, 0.1) is 5.71 Å². The number of carbonyl (C=O) groups is 1. The fourth-order valence-electron chi connectivity index (χ4n) is 2.56. The smallest absolute Gasteiger partial charge is 0.253 e. The minimum Gasteiger partial charge on any atom is -0.296 e.